The molecule has 0 aromatic heterocycles. The molecule has 1 amide bonds. The van der Waals surface area contributed by atoms with E-state index < -0.39 is 6.04 Å². The average molecular weight is 287 g/mol. The van der Waals surface area contributed by atoms with E-state index >= 15 is 0 Å². The standard InChI is InChI=1S/C15H29NO4/c1-4-6-7-8-9-10-11-13(15(18)19-3)16-14(17)12-20-5-2/h13H,4-12H2,1-3H3,(H,16,17)/t13-/m1/s1. The van der Waals surface area contributed by atoms with Crippen LogP contribution in [0.15, 0.2) is 0 Å². The number of nitrogens with one attached hydrogen (secondary N) is 1. The first-order chi connectivity index (χ1) is 9.65. The highest BCUT2D eigenvalue weighted by Crippen LogP contribution is 2.09. The van der Waals surface area contributed by atoms with Gasteiger partial charge in [0.1, 0.15) is 12.6 Å². The quantitative estimate of drug-likeness (QED) is 0.442. The van der Waals surface area contributed by atoms with Crippen molar-refractivity contribution in [2.45, 2.75) is 64.8 Å². The summed E-state index contributed by atoms with van der Waals surface area (Å²) in [5.74, 6) is -0.656. The third kappa shape index (κ3) is 9.78. The van der Waals surface area contributed by atoms with Gasteiger partial charge in [0.15, 0.2) is 0 Å². The predicted molar refractivity (Wildman–Crippen MR) is 78.4 cm³/mol. The fourth-order valence-corrected chi connectivity index (χ4v) is 1.95. The first-order valence-electron chi connectivity index (χ1n) is 7.60. The number of carbonyl (C=O) groups is 2. The fourth-order valence-electron chi connectivity index (χ4n) is 1.95. The number of amides is 1. The van der Waals surface area contributed by atoms with Gasteiger partial charge in [-0.15, -0.1) is 0 Å². The summed E-state index contributed by atoms with van der Waals surface area (Å²) < 4.78 is 9.73. The number of esters is 1. The lowest BCUT2D eigenvalue weighted by atomic mass is 10.1. The van der Waals surface area contributed by atoms with Gasteiger partial charge in [0.05, 0.1) is 7.11 Å². The molecule has 0 radical (unpaired) electrons. The third-order valence-corrected chi connectivity index (χ3v) is 3.10. The lowest BCUT2D eigenvalue weighted by Gasteiger charge is -2.16. The van der Waals surface area contributed by atoms with Gasteiger partial charge in [-0.3, -0.25) is 4.79 Å². The highest BCUT2D eigenvalue weighted by Gasteiger charge is 2.20. The fraction of sp³-hybridized carbons (Fsp3) is 0.867. The van der Waals surface area contributed by atoms with Crippen molar-refractivity contribution in [3.05, 3.63) is 0 Å². The van der Waals surface area contributed by atoms with Crippen LogP contribution in [-0.4, -0.2) is 38.2 Å². The molecule has 1 N–H and O–H groups in total. The minimum absolute atomic E-state index is 0.0134. The topological polar surface area (TPSA) is 64.6 Å². The van der Waals surface area contributed by atoms with Gasteiger partial charge in [-0.1, -0.05) is 45.4 Å². The number of unbranched alkanes of at least 4 members (excludes halogenated alkanes) is 5. The summed E-state index contributed by atoms with van der Waals surface area (Å²) in [4.78, 5) is 23.2. The zero-order valence-electron chi connectivity index (χ0n) is 13.1. The van der Waals surface area contributed by atoms with Crippen molar-refractivity contribution in [3.8, 4) is 0 Å². The molecule has 0 saturated heterocycles. The molecule has 0 aromatic rings. The lowest BCUT2D eigenvalue weighted by Crippen LogP contribution is -2.43. The van der Waals surface area contributed by atoms with Gasteiger partial charge in [-0.2, -0.15) is 0 Å². The maximum absolute atomic E-state index is 11.6. The van der Waals surface area contributed by atoms with Crippen molar-refractivity contribution in [2.24, 2.45) is 0 Å². The summed E-state index contributed by atoms with van der Waals surface area (Å²) in [6.45, 7) is 4.47. The first-order valence-corrected chi connectivity index (χ1v) is 7.60. The maximum atomic E-state index is 11.6. The molecule has 0 unspecified atom stereocenters. The van der Waals surface area contributed by atoms with Crippen molar-refractivity contribution in [1.29, 1.82) is 0 Å². The Bertz CT molecular complexity index is 269. The Morgan fingerprint density at radius 1 is 1.05 bits per heavy atom. The van der Waals surface area contributed by atoms with Gasteiger partial charge in [-0.05, 0) is 13.3 Å². The Hall–Kier alpha value is -1.10. The van der Waals surface area contributed by atoms with Crippen LogP contribution in [0.3, 0.4) is 0 Å². The van der Waals surface area contributed by atoms with Gasteiger partial charge in [0, 0.05) is 6.61 Å². The summed E-state index contributed by atoms with van der Waals surface area (Å²) in [6.07, 6.45) is 7.50. The van der Waals surface area contributed by atoms with E-state index in [9.17, 15) is 9.59 Å². The van der Waals surface area contributed by atoms with Crippen LogP contribution < -0.4 is 5.32 Å². The molecule has 5 heteroatoms. The van der Waals surface area contributed by atoms with Gasteiger partial charge in [0.2, 0.25) is 5.91 Å². The second kappa shape index (κ2) is 12.9. The zero-order chi connectivity index (χ0) is 15.2. The van der Waals surface area contributed by atoms with Crippen molar-refractivity contribution in [3.63, 3.8) is 0 Å². The summed E-state index contributed by atoms with van der Waals surface area (Å²) >= 11 is 0. The van der Waals surface area contributed by atoms with Crippen LogP contribution in [0.2, 0.25) is 0 Å². The Morgan fingerprint density at radius 2 is 1.70 bits per heavy atom. The number of rotatable bonds is 12. The monoisotopic (exact) mass is 287 g/mol. The van der Waals surface area contributed by atoms with E-state index in [4.69, 9.17) is 9.47 Å². The molecule has 0 saturated carbocycles. The Kier molecular flexibility index (Phi) is 12.2. The molecule has 0 spiro atoms. The number of ether oxygens (including phenoxy) is 2. The summed E-state index contributed by atoms with van der Waals surface area (Å²) in [6, 6.07) is -0.556. The maximum Gasteiger partial charge on any atom is 0.328 e. The van der Waals surface area contributed by atoms with Crippen molar-refractivity contribution in [2.75, 3.05) is 20.3 Å². The highest BCUT2D eigenvalue weighted by atomic mass is 16.5. The largest absolute Gasteiger partial charge is 0.467 e. The molecule has 5 nitrogen and oxygen atoms in total. The van der Waals surface area contributed by atoms with Crippen molar-refractivity contribution >= 4 is 11.9 Å². The van der Waals surface area contributed by atoms with Crippen LogP contribution in [0.4, 0.5) is 0 Å². The van der Waals surface area contributed by atoms with Crippen LogP contribution in [0.5, 0.6) is 0 Å². The summed E-state index contributed by atoms with van der Waals surface area (Å²) in [5, 5.41) is 2.67. The average Bonchev–Trinajstić information content (AvgIpc) is 2.46. The summed E-state index contributed by atoms with van der Waals surface area (Å²) in [7, 11) is 1.34. The molecule has 1 atom stereocenters. The SMILES string of the molecule is CCCCCCCC[C@@H](NC(=O)COCC)C(=O)OC. The number of hydrogen-bond acceptors (Lipinski definition) is 4. The van der Waals surface area contributed by atoms with Crippen molar-refractivity contribution in [1.82, 2.24) is 5.32 Å². The second-order valence-electron chi connectivity index (χ2n) is 4.84. The minimum atomic E-state index is -0.556. The van der Waals surface area contributed by atoms with Crippen molar-refractivity contribution < 1.29 is 19.1 Å². The van der Waals surface area contributed by atoms with Gasteiger partial charge in [-0.25, -0.2) is 4.79 Å². The van der Waals surface area contributed by atoms with E-state index in [1.807, 2.05) is 6.92 Å². The normalized spacial score (nSPS) is 11.9. The van der Waals surface area contributed by atoms with E-state index in [0.29, 0.717) is 13.0 Å². The van der Waals surface area contributed by atoms with E-state index in [1.165, 1.54) is 32.8 Å². The first kappa shape index (κ1) is 18.9. The van der Waals surface area contributed by atoms with Crippen LogP contribution in [-0.2, 0) is 19.1 Å². The molecule has 0 heterocycles. The van der Waals surface area contributed by atoms with Gasteiger partial charge >= 0.3 is 5.97 Å². The molecule has 0 bridgehead atoms. The van der Waals surface area contributed by atoms with Crippen LogP contribution in [0.1, 0.15) is 58.8 Å². The van der Waals surface area contributed by atoms with Crippen LogP contribution in [0.25, 0.3) is 0 Å². The van der Waals surface area contributed by atoms with Crippen LogP contribution in [0, 0.1) is 0 Å². The molecule has 0 rings (SSSR count). The molecule has 0 aliphatic heterocycles. The van der Waals surface area contributed by atoms with E-state index in [1.54, 1.807) is 0 Å². The molecule has 20 heavy (non-hydrogen) atoms. The van der Waals surface area contributed by atoms with E-state index in [-0.39, 0.29) is 18.5 Å². The van der Waals surface area contributed by atoms with E-state index in [0.717, 1.165) is 12.8 Å². The van der Waals surface area contributed by atoms with Gasteiger partial charge < -0.3 is 14.8 Å². The van der Waals surface area contributed by atoms with E-state index in [2.05, 4.69) is 12.2 Å². The highest BCUT2D eigenvalue weighted by molar-refractivity contribution is 5.84. The predicted octanol–water partition coefficient (Wildman–Crippen LogP) is 2.43. The summed E-state index contributed by atoms with van der Waals surface area (Å²) in [5.41, 5.74) is 0. The molecule has 118 valence electrons. The number of carbonyl (C=O) groups excluding carboxylic acids is 2. The van der Waals surface area contributed by atoms with Gasteiger partial charge in [0.25, 0.3) is 0 Å². The molecular formula is C15H29NO4. The molecule has 0 fully saturated rings. The Balaban J connectivity index is 3.96. The molecule has 0 aliphatic rings. The molecular weight excluding hydrogens is 258 g/mol. The Morgan fingerprint density at radius 3 is 2.30 bits per heavy atom. The number of hydrogen-bond donors (Lipinski definition) is 1. The smallest absolute Gasteiger partial charge is 0.328 e. The molecule has 0 aromatic carbocycles. The third-order valence-electron chi connectivity index (χ3n) is 3.10. The Labute approximate surface area is 122 Å². The minimum Gasteiger partial charge on any atom is -0.467 e. The number of methoxy groups -OCH3 is 1. The van der Waals surface area contributed by atoms with Crippen LogP contribution >= 0.6 is 0 Å². The molecule has 0 aliphatic carbocycles. The second-order valence-corrected chi connectivity index (χ2v) is 4.84. The lowest BCUT2D eigenvalue weighted by molar-refractivity contribution is -0.145. The zero-order valence-corrected chi connectivity index (χ0v) is 13.1.